The van der Waals surface area contributed by atoms with Crippen LogP contribution >= 0.6 is 22.6 Å². The first-order valence-electron chi connectivity index (χ1n) is 6.19. The number of fused-ring (bicyclic) bond motifs is 1. The molecule has 1 saturated heterocycles. The molecule has 4 nitrogen and oxygen atoms in total. The quantitative estimate of drug-likeness (QED) is 0.735. The first-order chi connectivity index (χ1) is 8.75. The van der Waals surface area contributed by atoms with Gasteiger partial charge in [-0.05, 0) is 35.1 Å². The summed E-state index contributed by atoms with van der Waals surface area (Å²) in [4.78, 5) is 6.95. The number of rotatable bonds is 1. The van der Waals surface area contributed by atoms with Crippen LogP contribution in [0.2, 0.25) is 0 Å². The fourth-order valence-electron chi connectivity index (χ4n) is 2.38. The summed E-state index contributed by atoms with van der Waals surface area (Å²) >= 11 is 2.37. The lowest BCUT2D eigenvalue weighted by molar-refractivity contribution is 0.152. The van der Waals surface area contributed by atoms with E-state index in [1.54, 1.807) is 0 Å². The fourth-order valence-corrected chi connectivity index (χ4v) is 3.20. The molecule has 0 aliphatic carbocycles. The molecule has 0 unspecified atom stereocenters. The summed E-state index contributed by atoms with van der Waals surface area (Å²) in [5, 5.41) is 1.24. The van der Waals surface area contributed by atoms with Crippen LogP contribution in [0.25, 0.3) is 11.0 Å². The van der Waals surface area contributed by atoms with Gasteiger partial charge in [-0.2, -0.15) is 0 Å². The van der Waals surface area contributed by atoms with Crippen LogP contribution in [-0.2, 0) is 11.8 Å². The lowest BCUT2D eigenvalue weighted by Gasteiger charge is -2.21. The molecule has 3 heterocycles. The molecule has 2 aromatic rings. The molecule has 0 saturated carbocycles. The minimum atomic E-state index is 0.809. The fraction of sp³-hybridized carbons (Fsp3) is 0.462. The Morgan fingerprint density at radius 3 is 3.11 bits per heavy atom. The molecular weight excluding hydrogens is 341 g/mol. The summed E-state index contributed by atoms with van der Waals surface area (Å²) < 4.78 is 8.82. The first kappa shape index (κ1) is 12.2. The van der Waals surface area contributed by atoms with E-state index in [0.29, 0.717) is 0 Å². The van der Waals surface area contributed by atoms with Crippen molar-refractivity contribution in [2.24, 2.45) is 7.05 Å². The Balaban J connectivity index is 1.99. The van der Waals surface area contributed by atoms with Gasteiger partial charge in [0.15, 0.2) is 0 Å². The lowest BCUT2D eigenvalue weighted by atomic mass is 10.3. The molecule has 96 valence electrons. The standard InChI is InChI=1S/C13H16IN3O/c1-16-9-12(14)11-7-10(8-15-13(11)16)17-3-2-5-18-6-4-17/h7-9H,2-6H2,1H3. The van der Waals surface area contributed by atoms with E-state index in [2.05, 4.69) is 49.3 Å². The molecule has 0 aromatic carbocycles. The van der Waals surface area contributed by atoms with Crippen LogP contribution in [-0.4, -0.2) is 35.9 Å². The van der Waals surface area contributed by atoms with Gasteiger partial charge in [0.1, 0.15) is 5.65 Å². The average Bonchev–Trinajstić information content (AvgIpc) is 2.61. The van der Waals surface area contributed by atoms with E-state index in [0.717, 1.165) is 38.4 Å². The number of pyridine rings is 1. The normalized spacial score (nSPS) is 17.1. The van der Waals surface area contributed by atoms with E-state index in [4.69, 9.17) is 4.74 Å². The number of hydrogen-bond donors (Lipinski definition) is 0. The molecule has 5 heteroatoms. The zero-order valence-electron chi connectivity index (χ0n) is 10.4. The zero-order chi connectivity index (χ0) is 12.5. The molecule has 0 bridgehead atoms. The van der Waals surface area contributed by atoms with Crippen molar-refractivity contribution in [1.82, 2.24) is 9.55 Å². The smallest absolute Gasteiger partial charge is 0.140 e. The summed E-state index contributed by atoms with van der Waals surface area (Å²) in [7, 11) is 2.04. The SMILES string of the molecule is Cn1cc(I)c2cc(N3CCCOCC3)cnc21. The second-order valence-electron chi connectivity index (χ2n) is 4.61. The molecule has 0 atom stereocenters. The Labute approximate surface area is 120 Å². The summed E-state index contributed by atoms with van der Waals surface area (Å²) in [6.07, 6.45) is 5.18. The Bertz CT molecular complexity index is 559. The van der Waals surface area contributed by atoms with Crippen molar-refractivity contribution in [3.05, 3.63) is 22.0 Å². The third kappa shape index (κ3) is 2.21. The van der Waals surface area contributed by atoms with Crippen LogP contribution in [0.3, 0.4) is 0 Å². The number of ether oxygens (including phenoxy) is 1. The third-order valence-corrected chi connectivity index (χ3v) is 4.20. The molecule has 0 N–H and O–H groups in total. The Kier molecular flexibility index (Phi) is 3.43. The highest BCUT2D eigenvalue weighted by Crippen LogP contribution is 2.25. The van der Waals surface area contributed by atoms with E-state index in [-0.39, 0.29) is 0 Å². The van der Waals surface area contributed by atoms with Gasteiger partial charge in [-0.25, -0.2) is 4.98 Å². The van der Waals surface area contributed by atoms with Crippen LogP contribution in [0.5, 0.6) is 0 Å². The monoisotopic (exact) mass is 357 g/mol. The number of hydrogen-bond acceptors (Lipinski definition) is 3. The van der Waals surface area contributed by atoms with Crippen molar-refractivity contribution in [3.63, 3.8) is 0 Å². The van der Waals surface area contributed by atoms with Crippen LogP contribution in [0.15, 0.2) is 18.5 Å². The highest BCUT2D eigenvalue weighted by atomic mass is 127. The van der Waals surface area contributed by atoms with Gasteiger partial charge < -0.3 is 14.2 Å². The Morgan fingerprint density at radius 2 is 2.22 bits per heavy atom. The third-order valence-electron chi connectivity index (χ3n) is 3.34. The van der Waals surface area contributed by atoms with Gasteiger partial charge in [-0.15, -0.1) is 0 Å². The zero-order valence-corrected chi connectivity index (χ0v) is 12.6. The summed E-state index contributed by atoms with van der Waals surface area (Å²) in [5.41, 5.74) is 2.26. The van der Waals surface area contributed by atoms with Gasteiger partial charge in [-0.1, -0.05) is 0 Å². The summed E-state index contributed by atoms with van der Waals surface area (Å²) in [6, 6.07) is 2.25. The molecule has 3 rings (SSSR count). The van der Waals surface area contributed by atoms with E-state index in [1.165, 1.54) is 14.6 Å². The highest BCUT2D eigenvalue weighted by molar-refractivity contribution is 14.1. The molecule has 1 aliphatic rings. The number of aromatic nitrogens is 2. The van der Waals surface area contributed by atoms with Gasteiger partial charge in [0, 0.05) is 41.9 Å². The molecule has 0 amide bonds. The average molecular weight is 357 g/mol. The molecule has 2 aromatic heterocycles. The van der Waals surface area contributed by atoms with Crippen molar-refractivity contribution in [2.75, 3.05) is 31.2 Å². The number of aryl methyl sites for hydroxylation is 1. The number of nitrogens with zero attached hydrogens (tertiary/aromatic N) is 3. The molecule has 18 heavy (non-hydrogen) atoms. The predicted molar refractivity (Wildman–Crippen MR) is 81.1 cm³/mol. The largest absolute Gasteiger partial charge is 0.380 e. The predicted octanol–water partition coefficient (Wildman–Crippen LogP) is 2.40. The van der Waals surface area contributed by atoms with Gasteiger partial charge in [0.25, 0.3) is 0 Å². The van der Waals surface area contributed by atoms with Crippen molar-refractivity contribution in [2.45, 2.75) is 6.42 Å². The summed E-state index contributed by atoms with van der Waals surface area (Å²) in [5.74, 6) is 0. The molecule has 0 spiro atoms. The summed E-state index contributed by atoms with van der Waals surface area (Å²) in [6.45, 7) is 3.69. The second kappa shape index (κ2) is 5.05. The van der Waals surface area contributed by atoms with Crippen molar-refractivity contribution in [1.29, 1.82) is 0 Å². The van der Waals surface area contributed by atoms with Crippen molar-refractivity contribution in [3.8, 4) is 0 Å². The number of anilines is 1. The van der Waals surface area contributed by atoms with Crippen LogP contribution in [0.4, 0.5) is 5.69 Å². The topological polar surface area (TPSA) is 30.3 Å². The highest BCUT2D eigenvalue weighted by Gasteiger charge is 2.13. The van der Waals surface area contributed by atoms with E-state index >= 15 is 0 Å². The van der Waals surface area contributed by atoms with Crippen LogP contribution in [0.1, 0.15) is 6.42 Å². The van der Waals surface area contributed by atoms with Crippen molar-refractivity contribution >= 4 is 39.3 Å². The van der Waals surface area contributed by atoms with Gasteiger partial charge in [-0.3, -0.25) is 0 Å². The van der Waals surface area contributed by atoms with E-state index in [1.807, 2.05) is 13.2 Å². The maximum Gasteiger partial charge on any atom is 0.140 e. The Morgan fingerprint density at radius 1 is 1.33 bits per heavy atom. The lowest BCUT2D eigenvalue weighted by Crippen LogP contribution is -2.25. The Hall–Kier alpha value is -0.820. The minimum absolute atomic E-state index is 0.809. The first-order valence-corrected chi connectivity index (χ1v) is 7.27. The maximum atomic E-state index is 5.49. The van der Waals surface area contributed by atoms with Crippen molar-refractivity contribution < 1.29 is 4.74 Å². The second-order valence-corrected chi connectivity index (χ2v) is 5.77. The van der Waals surface area contributed by atoms with Gasteiger partial charge in [0.2, 0.25) is 0 Å². The molecule has 0 radical (unpaired) electrons. The van der Waals surface area contributed by atoms with Gasteiger partial charge in [0.05, 0.1) is 18.5 Å². The molecular formula is C13H16IN3O. The van der Waals surface area contributed by atoms with E-state index in [9.17, 15) is 0 Å². The maximum absolute atomic E-state index is 5.49. The number of halogens is 1. The van der Waals surface area contributed by atoms with Crippen LogP contribution < -0.4 is 4.90 Å². The molecule has 1 aliphatic heterocycles. The van der Waals surface area contributed by atoms with Crippen LogP contribution in [0, 0.1) is 3.57 Å². The van der Waals surface area contributed by atoms with Gasteiger partial charge >= 0.3 is 0 Å². The molecule has 1 fully saturated rings. The minimum Gasteiger partial charge on any atom is -0.380 e. The van der Waals surface area contributed by atoms with E-state index < -0.39 is 0 Å².